The summed E-state index contributed by atoms with van der Waals surface area (Å²) < 4.78 is 2.09. The van der Waals surface area contributed by atoms with Gasteiger partial charge in [0, 0.05) is 31.4 Å². The lowest BCUT2D eigenvalue weighted by Gasteiger charge is -2.16. The highest BCUT2D eigenvalue weighted by Gasteiger charge is 2.18. The predicted octanol–water partition coefficient (Wildman–Crippen LogP) is 2.39. The Morgan fingerprint density at radius 3 is 2.52 bits per heavy atom. The molecule has 5 nitrogen and oxygen atoms in total. The number of hydrogen-bond acceptors (Lipinski definition) is 4. The molecule has 0 radical (unpaired) electrons. The lowest BCUT2D eigenvalue weighted by atomic mass is 10.1. The summed E-state index contributed by atoms with van der Waals surface area (Å²) in [5.41, 5.74) is 4.88. The summed E-state index contributed by atoms with van der Waals surface area (Å²) >= 11 is 0. The van der Waals surface area contributed by atoms with E-state index in [0.717, 1.165) is 44.1 Å². The molecule has 1 aliphatic heterocycles. The number of guanidine groups is 1. The maximum Gasteiger partial charge on any atom is 0.194 e. The highest BCUT2D eigenvalue weighted by Crippen LogP contribution is 2.20. The van der Waals surface area contributed by atoms with Gasteiger partial charge in [0.2, 0.25) is 0 Å². The van der Waals surface area contributed by atoms with Crippen molar-refractivity contribution in [3.63, 3.8) is 0 Å². The molecule has 23 heavy (non-hydrogen) atoms. The molecule has 0 saturated carbocycles. The summed E-state index contributed by atoms with van der Waals surface area (Å²) in [6, 6.07) is 10.4. The molecule has 3 rings (SSSR count). The Labute approximate surface area is 138 Å². The van der Waals surface area contributed by atoms with Gasteiger partial charge in [0.1, 0.15) is 0 Å². The monoisotopic (exact) mass is 311 g/mol. The van der Waals surface area contributed by atoms with E-state index < -0.39 is 0 Å². The predicted molar refractivity (Wildman–Crippen MR) is 94.1 cm³/mol. The molecule has 0 bridgehead atoms. The van der Waals surface area contributed by atoms with Gasteiger partial charge in [-0.05, 0) is 25.0 Å². The van der Waals surface area contributed by atoms with Crippen molar-refractivity contribution in [1.29, 1.82) is 0 Å². The van der Waals surface area contributed by atoms with Gasteiger partial charge < -0.3 is 10.2 Å². The van der Waals surface area contributed by atoms with Crippen molar-refractivity contribution in [2.45, 2.75) is 33.2 Å². The SMILES string of the molecule is CCc1nn(-c2ccccc2)c(CC)c1CNC1=NCCN1C. The van der Waals surface area contributed by atoms with Crippen molar-refractivity contribution >= 4 is 5.96 Å². The Morgan fingerprint density at radius 2 is 1.91 bits per heavy atom. The number of nitrogens with zero attached hydrogens (tertiary/aromatic N) is 4. The zero-order valence-electron chi connectivity index (χ0n) is 14.2. The summed E-state index contributed by atoms with van der Waals surface area (Å²) in [4.78, 5) is 6.68. The van der Waals surface area contributed by atoms with Crippen LogP contribution in [0, 0.1) is 0 Å². The number of para-hydroxylation sites is 1. The van der Waals surface area contributed by atoms with Crippen LogP contribution >= 0.6 is 0 Å². The van der Waals surface area contributed by atoms with E-state index in [4.69, 9.17) is 5.10 Å². The quantitative estimate of drug-likeness (QED) is 0.922. The Bertz CT molecular complexity index is 687. The van der Waals surface area contributed by atoms with Crippen LogP contribution < -0.4 is 5.32 Å². The van der Waals surface area contributed by atoms with Gasteiger partial charge >= 0.3 is 0 Å². The van der Waals surface area contributed by atoms with Crippen LogP contribution in [0.4, 0.5) is 0 Å². The van der Waals surface area contributed by atoms with E-state index in [-0.39, 0.29) is 0 Å². The minimum absolute atomic E-state index is 0.780. The topological polar surface area (TPSA) is 45.5 Å². The second-order valence-corrected chi connectivity index (χ2v) is 5.81. The van der Waals surface area contributed by atoms with Crippen LogP contribution in [0.1, 0.15) is 30.8 Å². The third kappa shape index (κ3) is 3.09. The molecule has 0 amide bonds. The van der Waals surface area contributed by atoms with Gasteiger partial charge in [-0.2, -0.15) is 5.10 Å². The maximum atomic E-state index is 4.86. The number of rotatable bonds is 5. The number of nitrogens with one attached hydrogen (secondary N) is 1. The molecule has 122 valence electrons. The molecular weight excluding hydrogens is 286 g/mol. The molecule has 0 spiro atoms. The molecule has 1 N–H and O–H groups in total. The molecule has 1 aromatic carbocycles. The lowest BCUT2D eigenvalue weighted by molar-refractivity contribution is 0.533. The van der Waals surface area contributed by atoms with E-state index in [2.05, 4.69) is 65.1 Å². The fourth-order valence-corrected chi connectivity index (χ4v) is 3.06. The summed E-state index contributed by atoms with van der Waals surface area (Å²) in [5.74, 6) is 0.988. The minimum atomic E-state index is 0.780. The zero-order valence-corrected chi connectivity index (χ0v) is 14.2. The van der Waals surface area contributed by atoms with Crippen LogP contribution in [-0.4, -0.2) is 40.8 Å². The lowest BCUT2D eigenvalue weighted by Crippen LogP contribution is -2.35. The van der Waals surface area contributed by atoms with Crippen molar-refractivity contribution in [3.05, 3.63) is 47.3 Å². The Kier molecular flexibility index (Phi) is 4.65. The van der Waals surface area contributed by atoms with Gasteiger partial charge in [-0.1, -0.05) is 32.0 Å². The van der Waals surface area contributed by atoms with E-state index in [1.165, 1.54) is 17.0 Å². The minimum Gasteiger partial charge on any atom is -0.352 e. The van der Waals surface area contributed by atoms with E-state index in [1.807, 2.05) is 6.07 Å². The summed E-state index contributed by atoms with van der Waals surface area (Å²) in [6.45, 7) is 7.01. The molecule has 5 heteroatoms. The summed E-state index contributed by atoms with van der Waals surface area (Å²) in [7, 11) is 2.08. The fourth-order valence-electron chi connectivity index (χ4n) is 3.06. The third-order valence-electron chi connectivity index (χ3n) is 4.33. The first-order valence-electron chi connectivity index (χ1n) is 8.39. The number of likely N-dealkylation sites (N-methyl/N-ethyl adjacent to an activating group) is 1. The number of aliphatic imine (C=N–C) groups is 1. The van der Waals surface area contributed by atoms with Crippen molar-refractivity contribution in [2.24, 2.45) is 4.99 Å². The van der Waals surface area contributed by atoms with Gasteiger partial charge in [0.05, 0.1) is 17.9 Å². The average molecular weight is 311 g/mol. The largest absolute Gasteiger partial charge is 0.352 e. The molecule has 0 fully saturated rings. The van der Waals surface area contributed by atoms with Crippen LogP contribution in [-0.2, 0) is 19.4 Å². The summed E-state index contributed by atoms with van der Waals surface area (Å²) in [5, 5.41) is 8.34. The first-order valence-corrected chi connectivity index (χ1v) is 8.39. The molecule has 0 atom stereocenters. The van der Waals surface area contributed by atoms with Crippen LogP contribution in [0.25, 0.3) is 5.69 Å². The maximum absolute atomic E-state index is 4.86. The van der Waals surface area contributed by atoms with E-state index in [9.17, 15) is 0 Å². The first kappa shape index (κ1) is 15.6. The summed E-state index contributed by atoms with van der Waals surface area (Å²) in [6.07, 6.45) is 1.90. The van der Waals surface area contributed by atoms with Crippen LogP contribution in [0.5, 0.6) is 0 Å². The molecule has 0 saturated heterocycles. The van der Waals surface area contributed by atoms with E-state index in [0.29, 0.717) is 0 Å². The molecule has 2 heterocycles. The van der Waals surface area contributed by atoms with Crippen LogP contribution in [0.3, 0.4) is 0 Å². The van der Waals surface area contributed by atoms with Crippen molar-refractivity contribution in [1.82, 2.24) is 20.0 Å². The van der Waals surface area contributed by atoms with Crippen molar-refractivity contribution in [3.8, 4) is 5.69 Å². The normalized spacial score (nSPS) is 14.2. The fraction of sp³-hybridized carbons (Fsp3) is 0.444. The number of aromatic nitrogens is 2. The standard InChI is InChI=1S/C18H25N5/c1-4-16-15(13-20-18-19-11-12-22(18)3)17(5-2)23(21-16)14-9-7-6-8-10-14/h6-10H,4-5,11-13H2,1-3H3,(H,19,20). The molecule has 0 unspecified atom stereocenters. The Hall–Kier alpha value is -2.30. The van der Waals surface area contributed by atoms with Gasteiger partial charge in [0.15, 0.2) is 5.96 Å². The van der Waals surface area contributed by atoms with Crippen LogP contribution in [0.15, 0.2) is 35.3 Å². The van der Waals surface area contributed by atoms with Gasteiger partial charge in [0.25, 0.3) is 0 Å². The number of aryl methyl sites for hydroxylation is 1. The molecule has 1 aromatic heterocycles. The van der Waals surface area contributed by atoms with Gasteiger partial charge in [-0.3, -0.25) is 4.99 Å². The van der Waals surface area contributed by atoms with E-state index >= 15 is 0 Å². The van der Waals surface area contributed by atoms with Crippen LogP contribution in [0.2, 0.25) is 0 Å². The second kappa shape index (κ2) is 6.86. The molecule has 2 aromatic rings. The first-order chi connectivity index (χ1) is 11.2. The third-order valence-corrected chi connectivity index (χ3v) is 4.33. The smallest absolute Gasteiger partial charge is 0.194 e. The highest BCUT2D eigenvalue weighted by atomic mass is 15.3. The van der Waals surface area contributed by atoms with Crippen molar-refractivity contribution in [2.75, 3.05) is 20.1 Å². The molecule has 0 aliphatic carbocycles. The van der Waals surface area contributed by atoms with Gasteiger partial charge in [-0.15, -0.1) is 0 Å². The molecular formula is C18H25N5. The Balaban J connectivity index is 1.91. The highest BCUT2D eigenvalue weighted by molar-refractivity contribution is 5.81. The molecule has 1 aliphatic rings. The zero-order chi connectivity index (χ0) is 16.2. The van der Waals surface area contributed by atoms with Crippen molar-refractivity contribution < 1.29 is 0 Å². The Morgan fingerprint density at radius 1 is 1.13 bits per heavy atom. The average Bonchev–Trinajstić information content (AvgIpc) is 3.16. The number of benzene rings is 1. The second-order valence-electron chi connectivity index (χ2n) is 5.81. The number of hydrogen-bond donors (Lipinski definition) is 1. The van der Waals surface area contributed by atoms with E-state index in [1.54, 1.807) is 0 Å². The van der Waals surface area contributed by atoms with Gasteiger partial charge in [-0.25, -0.2) is 4.68 Å².